The molecule has 0 aliphatic heterocycles. The van der Waals surface area contributed by atoms with Crippen molar-refractivity contribution in [3.8, 4) is 0 Å². The summed E-state index contributed by atoms with van der Waals surface area (Å²) in [6.45, 7) is 4.87. The minimum absolute atomic E-state index is 0.0411. The molecule has 2 N–H and O–H groups in total. The fourth-order valence-electron chi connectivity index (χ4n) is 1.32. The predicted molar refractivity (Wildman–Crippen MR) is 72.3 cm³/mol. The number of hydrogen-bond acceptors (Lipinski definition) is 4. The number of nitrogens with one attached hydrogen (secondary N) is 1. The van der Waals surface area contributed by atoms with Crippen LogP contribution in [0.3, 0.4) is 0 Å². The Kier molecular flexibility index (Phi) is 9.82. The maximum absolute atomic E-state index is 11.7. The Hall–Kier alpha value is -1.34. The third-order valence-corrected chi connectivity index (χ3v) is 2.47. The van der Waals surface area contributed by atoms with Crippen molar-refractivity contribution in [2.24, 2.45) is 0 Å². The van der Waals surface area contributed by atoms with E-state index in [0.29, 0.717) is 26.3 Å². The maximum Gasteiger partial charge on any atom is 0.317 e. The summed E-state index contributed by atoms with van der Waals surface area (Å²) >= 11 is 0. The number of ether oxygens (including phenoxy) is 1. The zero-order valence-corrected chi connectivity index (χ0v) is 12.0. The number of carbonyl (C=O) groups is 2. The van der Waals surface area contributed by atoms with Crippen molar-refractivity contribution in [3.63, 3.8) is 0 Å². The molecular weight excluding hydrogens is 250 g/mol. The van der Waals surface area contributed by atoms with Crippen molar-refractivity contribution >= 4 is 12.0 Å². The molecule has 7 heteroatoms. The number of hydrogen-bond donors (Lipinski definition) is 2. The molecule has 0 atom stereocenters. The minimum Gasteiger partial charge on any atom is -0.481 e. The molecule has 19 heavy (non-hydrogen) atoms. The van der Waals surface area contributed by atoms with Crippen LogP contribution in [0.1, 0.15) is 13.3 Å². The van der Waals surface area contributed by atoms with Crippen LogP contribution in [0.15, 0.2) is 0 Å². The van der Waals surface area contributed by atoms with Crippen molar-refractivity contribution in [1.29, 1.82) is 0 Å². The zero-order valence-electron chi connectivity index (χ0n) is 12.0. The number of carbonyl (C=O) groups excluding carboxylic acids is 1. The Labute approximate surface area is 114 Å². The monoisotopic (exact) mass is 275 g/mol. The maximum atomic E-state index is 11.7. The third kappa shape index (κ3) is 10.3. The van der Waals surface area contributed by atoms with E-state index in [1.54, 1.807) is 0 Å². The Morgan fingerprint density at radius 3 is 2.42 bits per heavy atom. The second-order valence-electron chi connectivity index (χ2n) is 4.37. The van der Waals surface area contributed by atoms with E-state index < -0.39 is 5.97 Å². The Balaban J connectivity index is 3.67. The van der Waals surface area contributed by atoms with Crippen LogP contribution in [0.5, 0.6) is 0 Å². The number of carboxylic acid groups (broad SMARTS) is 1. The normalized spacial score (nSPS) is 10.5. The summed E-state index contributed by atoms with van der Waals surface area (Å²) in [5.41, 5.74) is 0. The van der Waals surface area contributed by atoms with Crippen LogP contribution in [0.4, 0.5) is 4.79 Å². The first kappa shape index (κ1) is 17.7. The van der Waals surface area contributed by atoms with Gasteiger partial charge in [0.2, 0.25) is 0 Å². The number of rotatable bonds is 10. The molecule has 7 nitrogen and oxygen atoms in total. The minimum atomic E-state index is -0.904. The zero-order chi connectivity index (χ0) is 14.7. The number of aliphatic carboxylic acids is 1. The average molecular weight is 275 g/mol. The first-order valence-electron chi connectivity index (χ1n) is 6.44. The Morgan fingerprint density at radius 1 is 1.21 bits per heavy atom. The van der Waals surface area contributed by atoms with Gasteiger partial charge >= 0.3 is 12.0 Å². The number of urea groups is 1. The van der Waals surface area contributed by atoms with Gasteiger partial charge in [-0.05, 0) is 21.0 Å². The summed E-state index contributed by atoms with van der Waals surface area (Å²) in [6.07, 6.45) is -0.0411. The molecule has 0 spiro atoms. The van der Waals surface area contributed by atoms with Gasteiger partial charge in [0, 0.05) is 26.2 Å². The van der Waals surface area contributed by atoms with E-state index in [2.05, 4.69) is 5.32 Å². The van der Waals surface area contributed by atoms with Gasteiger partial charge in [-0.25, -0.2) is 4.79 Å². The molecule has 0 radical (unpaired) electrons. The smallest absolute Gasteiger partial charge is 0.317 e. The van der Waals surface area contributed by atoms with Crippen LogP contribution in [0, 0.1) is 0 Å². The van der Waals surface area contributed by atoms with E-state index in [4.69, 9.17) is 9.84 Å². The lowest BCUT2D eigenvalue weighted by Crippen LogP contribution is -2.42. The van der Waals surface area contributed by atoms with Gasteiger partial charge in [-0.2, -0.15) is 0 Å². The van der Waals surface area contributed by atoms with Gasteiger partial charge in [-0.3, -0.25) is 4.79 Å². The summed E-state index contributed by atoms with van der Waals surface area (Å²) in [6, 6.07) is -0.250. The van der Waals surface area contributed by atoms with Crippen LogP contribution in [0.2, 0.25) is 0 Å². The molecule has 0 saturated carbocycles. The molecule has 0 aromatic heterocycles. The lowest BCUT2D eigenvalue weighted by Gasteiger charge is -2.20. The topological polar surface area (TPSA) is 82.1 Å². The van der Waals surface area contributed by atoms with Crippen LogP contribution >= 0.6 is 0 Å². The highest BCUT2D eigenvalue weighted by Gasteiger charge is 2.11. The molecule has 0 heterocycles. The van der Waals surface area contributed by atoms with Crippen LogP contribution in [-0.2, 0) is 9.53 Å². The summed E-state index contributed by atoms with van der Waals surface area (Å²) in [7, 11) is 3.93. The Morgan fingerprint density at radius 2 is 1.89 bits per heavy atom. The number of amides is 2. The van der Waals surface area contributed by atoms with Gasteiger partial charge in [0.15, 0.2) is 0 Å². The lowest BCUT2D eigenvalue weighted by atomic mass is 10.4. The van der Waals surface area contributed by atoms with E-state index in [1.807, 2.05) is 25.9 Å². The molecule has 0 aromatic rings. The van der Waals surface area contributed by atoms with Gasteiger partial charge in [-0.15, -0.1) is 0 Å². The number of nitrogens with zero attached hydrogens (tertiary/aromatic N) is 2. The molecule has 0 saturated heterocycles. The summed E-state index contributed by atoms with van der Waals surface area (Å²) in [5.74, 6) is -0.904. The first-order valence-corrected chi connectivity index (χ1v) is 6.44. The molecule has 0 bridgehead atoms. The average Bonchev–Trinajstić information content (AvgIpc) is 2.33. The van der Waals surface area contributed by atoms with Crippen molar-refractivity contribution < 1.29 is 19.4 Å². The SMILES string of the molecule is CCN(CCC(=O)O)C(=O)NCCOCCN(C)C. The first-order chi connectivity index (χ1) is 8.97. The second kappa shape index (κ2) is 10.6. The quantitative estimate of drug-likeness (QED) is 0.551. The fourth-order valence-corrected chi connectivity index (χ4v) is 1.32. The molecule has 2 amide bonds. The van der Waals surface area contributed by atoms with Crippen LogP contribution in [-0.4, -0.2) is 80.4 Å². The molecule has 0 aliphatic rings. The number of carboxylic acids is 1. The molecule has 0 fully saturated rings. The molecule has 0 rings (SSSR count). The van der Waals surface area contributed by atoms with Gasteiger partial charge in [0.25, 0.3) is 0 Å². The molecular formula is C12H25N3O4. The summed E-state index contributed by atoms with van der Waals surface area (Å²) < 4.78 is 5.34. The summed E-state index contributed by atoms with van der Waals surface area (Å²) in [4.78, 5) is 25.6. The van der Waals surface area contributed by atoms with Crippen molar-refractivity contribution in [1.82, 2.24) is 15.1 Å². The van der Waals surface area contributed by atoms with E-state index in [0.717, 1.165) is 6.54 Å². The standard InChI is InChI=1S/C12H25N3O4/c1-4-15(7-5-11(16)17)12(18)13-6-9-19-10-8-14(2)3/h4-10H2,1-3H3,(H,13,18)(H,16,17). The molecule has 0 unspecified atom stereocenters. The van der Waals surface area contributed by atoms with Gasteiger partial charge in [-0.1, -0.05) is 0 Å². The highest BCUT2D eigenvalue weighted by molar-refractivity contribution is 5.75. The van der Waals surface area contributed by atoms with Crippen molar-refractivity contribution in [2.75, 3.05) is 53.5 Å². The van der Waals surface area contributed by atoms with E-state index >= 15 is 0 Å². The van der Waals surface area contributed by atoms with Crippen LogP contribution < -0.4 is 5.32 Å². The highest BCUT2D eigenvalue weighted by Crippen LogP contribution is 1.92. The Bertz CT molecular complexity index is 272. The van der Waals surface area contributed by atoms with Gasteiger partial charge in [0.1, 0.15) is 0 Å². The van der Waals surface area contributed by atoms with Gasteiger partial charge in [0.05, 0.1) is 19.6 Å². The van der Waals surface area contributed by atoms with Gasteiger partial charge < -0.3 is 25.0 Å². The number of likely N-dealkylation sites (N-methyl/N-ethyl adjacent to an activating group) is 1. The fraction of sp³-hybridized carbons (Fsp3) is 0.833. The van der Waals surface area contributed by atoms with Crippen molar-refractivity contribution in [3.05, 3.63) is 0 Å². The second-order valence-corrected chi connectivity index (χ2v) is 4.37. The highest BCUT2D eigenvalue weighted by atomic mass is 16.5. The van der Waals surface area contributed by atoms with Crippen LogP contribution in [0.25, 0.3) is 0 Å². The van der Waals surface area contributed by atoms with E-state index in [-0.39, 0.29) is 19.0 Å². The molecule has 0 aromatic carbocycles. The van der Waals surface area contributed by atoms with E-state index in [1.165, 1.54) is 4.90 Å². The largest absolute Gasteiger partial charge is 0.481 e. The predicted octanol–water partition coefficient (Wildman–Crippen LogP) is 0.0708. The molecule has 0 aliphatic carbocycles. The third-order valence-electron chi connectivity index (χ3n) is 2.47. The van der Waals surface area contributed by atoms with Crippen molar-refractivity contribution in [2.45, 2.75) is 13.3 Å². The summed E-state index contributed by atoms with van der Waals surface area (Å²) in [5, 5.41) is 11.3. The lowest BCUT2D eigenvalue weighted by molar-refractivity contribution is -0.137. The molecule has 112 valence electrons. The van der Waals surface area contributed by atoms with E-state index in [9.17, 15) is 9.59 Å².